The number of thiazole rings is 1. The molecule has 1 saturated heterocycles. The predicted octanol–water partition coefficient (Wildman–Crippen LogP) is 4.95. The molecule has 5 rings (SSSR count). The number of benzene rings is 3. The second kappa shape index (κ2) is 11.2. The largest absolute Gasteiger partial charge is 0.494 e. The first-order chi connectivity index (χ1) is 18.4. The lowest BCUT2D eigenvalue weighted by Crippen LogP contribution is -2.37. The monoisotopic (exact) mass is 551 g/mol. The fourth-order valence-corrected chi connectivity index (χ4v) is 6.61. The lowest BCUT2D eigenvalue weighted by atomic mass is 10.2. The highest BCUT2D eigenvalue weighted by Crippen LogP contribution is 2.35. The Balaban J connectivity index is 1.41. The Morgan fingerprint density at radius 2 is 1.84 bits per heavy atom. The van der Waals surface area contributed by atoms with Gasteiger partial charge in [-0.25, -0.2) is 13.4 Å². The highest BCUT2D eigenvalue weighted by Gasteiger charge is 2.28. The minimum Gasteiger partial charge on any atom is -0.494 e. The molecule has 0 saturated carbocycles. The van der Waals surface area contributed by atoms with Crippen LogP contribution < -0.4 is 9.64 Å². The van der Waals surface area contributed by atoms with Gasteiger partial charge in [-0.05, 0) is 54.8 Å². The standard InChI is InChI=1S/C28H29N3O5S2/c1-30(18-20-8-4-3-5-9-20)38(33,34)23-15-13-21(14-16-23)27(32)31(19-22-10-7-17-36-22)28-29-26-24(35-2)11-6-12-25(26)37-28/h3-6,8-9,11-16,22H,7,10,17-19H2,1-2H3. The molecule has 0 bridgehead atoms. The van der Waals surface area contributed by atoms with Crippen molar-refractivity contribution in [2.45, 2.75) is 30.4 Å². The first-order valence-corrected chi connectivity index (χ1v) is 14.6. The van der Waals surface area contributed by atoms with Crippen LogP contribution in [-0.2, 0) is 21.3 Å². The molecule has 38 heavy (non-hydrogen) atoms. The molecule has 8 nitrogen and oxygen atoms in total. The number of hydrogen-bond acceptors (Lipinski definition) is 7. The number of para-hydroxylation sites is 1. The number of sulfonamides is 1. The van der Waals surface area contributed by atoms with Gasteiger partial charge in [-0.2, -0.15) is 4.31 Å². The SMILES string of the molecule is COc1cccc2sc(N(CC3CCCO3)C(=O)c3ccc(S(=O)(=O)N(C)Cc4ccccc4)cc3)nc12. The van der Waals surface area contributed by atoms with E-state index in [1.165, 1.54) is 27.8 Å². The summed E-state index contributed by atoms with van der Waals surface area (Å²) >= 11 is 1.41. The molecule has 198 valence electrons. The van der Waals surface area contributed by atoms with E-state index in [0.717, 1.165) is 23.1 Å². The zero-order valence-electron chi connectivity index (χ0n) is 21.2. The van der Waals surface area contributed by atoms with Gasteiger partial charge in [0.05, 0.1) is 29.4 Å². The third-order valence-electron chi connectivity index (χ3n) is 6.53. The highest BCUT2D eigenvalue weighted by atomic mass is 32.2. The Kier molecular flexibility index (Phi) is 7.75. The topological polar surface area (TPSA) is 89.0 Å². The van der Waals surface area contributed by atoms with Crippen molar-refractivity contribution < 1.29 is 22.7 Å². The van der Waals surface area contributed by atoms with E-state index in [4.69, 9.17) is 14.5 Å². The summed E-state index contributed by atoms with van der Waals surface area (Å²) in [7, 11) is -0.590. The van der Waals surface area contributed by atoms with Crippen molar-refractivity contribution >= 4 is 42.6 Å². The van der Waals surface area contributed by atoms with Crippen molar-refractivity contribution in [1.29, 1.82) is 0 Å². The van der Waals surface area contributed by atoms with Gasteiger partial charge >= 0.3 is 0 Å². The molecule has 2 heterocycles. The molecule has 1 fully saturated rings. The Labute approximate surface area is 226 Å². The molecule has 1 amide bonds. The van der Waals surface area contributed by atoms with Crippen LogP contribution in [0.5, 0.6) is 5.75 Å². The first-order valence-electron chi connectivity index (χ1n) is 12.3. The number of rotatable bonds is 9. The van der Waals surface area contributed by atoms with Crippen molar-refractivity contribution in [3.63, 3.8) is 0 Å². The van der Waals surface area contributed by atoms with E-state index in [1.807, 2.05) is 48.5 Å². The van der Waals surface area contributed by atoms with Crippen LogP contribution in [0.1, 0.15) is 28.8 Å². The molecule has 3 aromatic carbocycles. The number of amides is 1. The van der Waals surface area contributed by atoms with E-state index in [1.54, 1.807) is 31.2 Å². The Morgan fingerprint density at radius 3 is 2.53 bits per heavy atom. The normalized spacial score (nSPS) is 15.7. The van der Waals surface area contributed by atoms with E-state index in [-0.39, 0.29) is 23.5 Å². The number of anilines is 1. The minimum absolute atomic E-state index is 0.0841. The van der Waals surface area contributed by atoms with E-state index < -0.39 is 10.0 Å². The number of fused-ring (bicyclic) bond motifs is 1. The summed E-state index contributed by atoms with van der Waals surface area (Å²) in [6.45, 7) is 1.28. The minimum atomic E-state index is -3.73. The molecule has 1 unspecified atom stereocenters. The quantitative estimate of drug-likeness (QED) is 0.292. The molecule has 0 spiro atoms. The lowest BCUT2D eigenvalue weighted by Gasteiger charge is -2.23. The molecule has 1 aliphatic heterocycles. The van der Waals surface area contributed by atoms with Crippen molar-refractivity contribution in [2.75, 3.05) is 32.2 Å². The molecule has 0 aliphatic carbocycles. The maximum atomic E-state index is 13.7. The van der Waals surface area contributed by atoms with Crippen LogP contribution in [0.3, 0.4) is 0 Å². The molecule has 4 aromatic rings. The van der Waals surface area contributed by atoms with E-state index in [0.29, 0.717) is 35.1 Å². The number of carbonyl (C=O) groups is 1. The molecule has 1 atom stereocenters. The zero-order valence-corrected chi connectivity index (χ0v) is 22.9. The van der Waals surface area contributed by atoms with Crippen LogP contribution in [0.2, 0.25) is 0 Å². The fraction of sp³-hybridized carbons (Fsp3) is 0.286. The van der Waals surface area contributed by atoms with Crippen molar-refractivity contribution in [3.05, 3.63) is 83.9 Å². The van der Waals surface area contributed by atoms with Crippen LogP contribution in [0.4, 0.5) is 5.13 Å². The third kappa shape index (κ3) is 5.44. The van der Waals surface area contributed by atoms with Gasteiger partial charge in [0.1, 0.15) is 11.3 Å². The Bertz CT molecular complexity index is 1520. The summed E-state index contributed by atoms with van der Waals surface area (Å²) in [5.74, 6) is 0.379. The van der Waals surface area contributed by atoms with Gasteiger partial charge in [-0.15, -0.1) is 0 Å². The Morgan fingerprint density at radius 1 is 1.08 bits per heavy atom. The molecule has 1 aliphatic rings. The van der Waals surface area contributed by atoms with E-state index >= 15 is 0 Å². The zero-order chi connectivity index (χ0) is 26.7. The van der Waals surface area contributed by atoms with Crippen LogP contribution in [0, 0.1) is 0 Å². The van der Waals surface area contributed by atoms with Gasteiger partial charge in [0.15, 0.2) is 5.13 Å². The van der Waals surface area contributed by atoms with Crippen LogP contribution >= 0.6 is 11.3 Å². The van der Waals surface area contributed by atoms with Crippen molar-refractivity contribution in [3.8, 4) is 5.75 Å². The number of nitrogens with zero attached hydrogens (tertiary/aromatic N) is 3. The highest BCUT2D eigenvalue weighted by molar-refractivity contribution is 7.89. The second-order valence-electron chi connectivity index (χ2n) is 9.13. The number of aromatic nitrogens is 1. The van der Waals surface area contributed by atoms with Crippen LogP contribution in [0.15, 0.2) is 77.7 Å². The molecular weight excluding hydrogens is 522 g/mol. The molecule has 0 N–H and O–H groups in total. The first kappa shape index (κ1) is 26.3. The van der Waals surface area contributed by atoms with Crippen molar-refractivity contribution in [1.82, 2.24) is 9.29 Å². The molecule has 0 radical (unpaired) electrons. The average Bonchev–Trinajstić information content (AvgIpc) is 3.61. The number of methoxy groups -OCH3 is 1. The fourth-order valence-electron chi connectivity index (χ4n) is 4.46. The maximum absolute atomic E-state index is 13.7. The van der Waals surface area contributed by atoms with Gasteiger partial charge in [0, 0.05) is 25.8 Å². The van der Waals surface area contributed by atoms with Crippen molar-refractivity contribution in [2.24, 2.45) is 0 Å². The molecule has 1 aromatic heterocycles. The predicted molar refractivity (Wildman–Crippen MR) is 148 cm³/mol. The molecule has 10 heteroatoms. The summed E-state index contributed by atoms with van der Waals surface area (Å²) in [6.07, 6.45) is 1.73. The van der Waals surface area contributed by atoms with Crippen LogP contribution in [-0.4, -0.2) is 57.0 Å². The van der Waals surface area contributed by atoms with Gasteiger partial charge in [0.25, 0.3) is 5.91 Å². The average molecular weight is 552 g/mol. The number of ether oxygens (including phenoxy) is 2. The maximum Gasteiger partial charge on any atom is 0.260 e. The van der Waals surface area contributed by atoms with Gasteiger partial charge in [-0.1, -0.05) is 47.7 Å². The second-order valence-corrected chi connectivity index (χ2v) is 12.2. The van der Waals surface area contributed by atoms with Gasteiger partial charge in [0.2, 0.25) is 10.0 Å². The number of hydrogen-bond donors (Lipinski definition) is 0. The van der Waals surface area contributed by atoms with Crippen LogP contribution in [0.25, 0.3) is 10.2 Å². The van der Waals surface area contributed by atoms with E-state index in [9.17, 15) is 13.2 Å². The summed E-state index contributed by atoms with van der Waals surface area (Å²) < 4.78 is 39.8. The molecular formula is C28H29N3O5S2. The van der Waals surface area contributed by atoms with E-state index in [2.05, 4.69) is 0 Å². The third-order valence-corrected chi connectivity index (χ3v) is 9.40. The summed E-state index contributed by atoms with van der Waals surface area (Å²) in [5, 5.41) is 0.546. The number of carbonyl (C=O) groups excluding carboxylic acids is 1. The lowest BCUT2D eigenvalue weighted by molar-refractivity contribution is 0.0917. The summed E-state index contributed by atoms with van der Waals surface area (Å²) in [5.41, 5.74) is 1.96. The summed E-state index contributed by atoms with van der Waals surface area (Å²) in [4.78, 5) is 20.2. The smallest absolute Gasteiger partial charge is 0.260 e. The Hall–Kier alpha value is -3.31. The summed E-state index contributed by atoms with van der Waals surface area (Å²) in [6, 6.07) is 21.2. The van der Waals surface area contributed by atoms with Gasteiger partial charge in [-0.3, -0.25) is 9.69 Å². The van der Waals surface area contributed by atoms with Gasteiger partial charge < -0.3 is 9.47 Å².